The third-order valence-corrected chi connectivity index (χ3v) is 4.55. The molecule has 2 aliphatic heterocycles. The number of nitrogens with zero attached hydrogens (tertiary/aromatic N) is 4. The minimum atomic E-state index is -0.119. The van der Waals surface area contributed by atoms with E-state index in [0.29, 0.717) is 18.1 Å². The number of anilines is 1. The topological polar surface area (TPSA) is 70.6 Å². The van der Waals surface area contributed by atoms with Crippen molar-refractivity contribution in [1.82, 2.24) is 20.2 Å². The van der Waals surface area contributed by atoms with Crippen LogP contribution in [0.4, 0.5) is 5.82 Å². The maximum atomic E-state index is 12.4. The second-order valence-corrected chi connectivity index (χ2v) is 6.42. The van der Waals surface area contributed by atoms with Crippen LogP contribution in [0.1, 0.15) is 35.6 Å². The quantitative estimate of drug-likeness (QED) is 0.861. The number of aromatic nitrogens is 2. The van der Waals surface area contributed by atoms with Gasteiger partial charge in [-0.1, -0.05) is 0 Å². The van der Waals surface area contributed by atoms with Gasteiger partial charge in [0.05, 0.1) is 13.2 Å². The molecule has 0 aliphatic carbocycles. The number of hydrogen-bond acceptors (Lipinski definition) is 6. The van der Waals surface area contributed by atoms with Crippen LogP contribution in [0, 0.1) is 6.92 Å². The van der Waals surface area contributed by atoms with Gasteiger partial charge in [-0.2, -0.15) is 0 Å². The summed E-state index contributed by atoms with van der Waals surface area (Å²) in [6.45, 7) is 8.75. The van der Waals surface area contributed by atoms with Crippen LogP contribution in [0.15, 0.2) is 6.07 Å². The molecular formula is C17H27N5O2. The lowest BCUT2D eigenvalue weighted by Gasteiger charge is -2.28. The molecule has 7 heteroatoms. The van der Waals surface area contributed by atoms with E-state index in [4.69, 9.17) is 4.74 Å². The number of aryl methyl sites for hydroxylation is 1. The molecule has 0 radical (unpaired) electrons. The van der Waals surface area contributed by atoms with E-state index in [9.17, 15) is 4.79 Å². The highest BCUT2D eigenvalue weighted by atomic mass is 16.5. The van der Waals surface area contributed by atoms with Crippen molar-refractivity contribution in [2.45, 2.75) is 26.2 Å². The number of ether oxygens (including phenoxy) is 1. The molecule has 1 aromatic heterocycles. The first-order valence-electron chi connectivity index (χ1n) is 8.91. The van der Waals surface area contributed by atoms with Gasteiger partial charge in [0.25, 0.3) is 5.91 Å². The fraction of sp³-hybridized carbons (Fsp3) is 0.706. The van der Waals surface area contributed by atoms with E-state index in [1.54, 1.807) is 0 Å². The molecule has 1 amide bonds. The first-order chi connectivity index (χ1) is 11.7. The van der Waals surface area contributed by atoms with Crippen molar-refractivity contribution in [2.75, 3.05) is 57.4 Å². The van der Waals surface area contributed by atoms with Gasteiger partial charge in [0.15, 0.2) is 0 Å². The largest absolute Gasteiger partial charge is 0.379 e. The second-order valence-electron chi connectivity index (χ2n) is 6.42. The predicted octanol–water partition coefficient (Wildman–Crippen LogP) is 0.837. The zero-order chi connectivity index (χ0) is 16.8. The SMILES string of the molecule is Cc1nc(C(=O)NCCN2CCOCC2)cc(N2CCCCC2)n1. The first-order valence-corrected chi connectivity index (χ1v) is 8.91. The summed E-state index contributed by atoms with van der Waals surface area (Å²) in [5.74, 6) is 1.41. The highest BCUT2D eigenvalue weighted by Crippen LogP contribution is 2.18. The lowest BCUT2D eigenvalue weighted by atomic mass is 10.1. The van der Waals surface area contributed by atoms with Gasteiger partial charge >= 0.3 is 0 Å². The molecule has 3 rings (SSSR count). The zero-order valence-corrected chi connectivity index (χ0v) is 14.5. The molecule has 132 valence electrons. The summed E-state index contributed by atoms with van der Waals surface area (Å²) in [5.41, 5.74) is 0.463. The molecule has 0 aromatic carbocycles. The normalized spacial score (nSPS) is 19.3. The molecule has 1 N–H and O–H groups in total. The number of nitrogens with one attached hydrogen (secondary N) is 1. The van der Waals surface area contributed by atoms with Crippen molar-refractivity contribution in [2.24, 2.45) is 0 Å². The monoisotopic (exact) mass is 333 g/mol. The van der Waals surface area contributed by atoms with E-state index in [-0.39, 0.29) is 5.91 Å². The summed E-state index contributed by atoms with van der Waals surface area (Å²) in [5, 5.41) is 2.97. The number of rotatable bonds is 5. The predicted molar refractivity (Wildman–Crippen MR) is 92.4 cm³/mol. The number of carbonyl (C=O) groups excluding carboxylic acids is 1. The van der Waals surface area contributed by atoms with E-state index < -0.39 is 0 Å². The number of carbonyl (C=O) groups is 1. The van der Waals surface area contributed by atoms with E-state index in [0.717, 1.165) is 51.8 Å². The van der Waals surface area contributed by atoms with Crippen LogP contribution >= 0.6 is 0 Å². The number of piperidine rings is 1. The standard InChI is InChI=1S/C17H27N5O2/c1-14-19-15(13-16(20-14)22-6-3-2-4-7-22)17(23)18-5-8-21-9-11-24-12-10-21/h13H,2-12H2,1H3,(H,18,23). The Morgan fingerprint density at radius 3 is 2.67 bits per heavy atom. The molecular weight excluding hydrogens is 306 g/mol. The minimum Gasteiger partial charge on any atom is -0.379 e. The van der Waals surface area contributed by atoms with Gasteiger partial charge in [-0.25, -0.2) is 9.97 Å². The van der Waals surface area contributed by atoms with Gasteiger partial charge < -0.3 is 15.0 Å². The fourth-order valence-corrected chi connectivity index (χ4v) is 3.20. The van der Waals surface area contributed by atoms with Crippen LogP contribution in [0.2, 0.25) is 0 Å². The summed E-state index contributed by atoms with van der Waals surface area (Å²) in [7, 11) is 0. The summed E-state index contributed by atoms with van der Waals surface area (Å²) >= 11 is 0. The van der Waals surface area contributed by atoms with Crippen molar-refractivity contribution >= 4 is 11.7 Å². The minimum absolute atomic E-state index is 0.119. The van der Waals surface area contributed by atoms with Gasteiger partial charge in [-0.05, 0) is 26.2 Å². The Labute approximate surface area is 143 Å². The Kier molecular flexibility index (Phi) is 5.98. The van der Waals surface area contributed by atoms with E-state index in [1.807, 2.05) is 13.0 Å². The van der Waals surface area contributed by atoms with E-state index in [1.165, 1.54) is 19.3 Å². The third-order valence-electron chi connectivity index (χ3n) is 4.55. The highest BCUT2D eigenvalue weighted by molar-refractivity contribution is 5.92. The molecule has 0 bridgehead atoms. The Morgan fingerprint density at radius 1 is 1.17 bits per heavy atom. The molecule has 2 aliphatic rings. The number of morpholine rings is 1. The number of amides is 1. The summed E-state index contributed by atoms with van der Waals surface area (Å²) < 4.78 is 5.33. The smallest absolute Gasteiger partial charge is 0.270 e. The molecule has 2 saturated heterocycles. The van der Waals surface area contributed by atoms with E-state index in [2.05, 4.69) is 25.1 Å². The maximum Gasteiger partial charge on any atom is 0.270 e. The molecule has 0 saturated carbocycles. The van der Waals surface area contributed by atoms with Crippen LogP contribution < -0.4 is 10.2 Å². The Bertz CT molecular complexity index is 554. The zero-order valence-electron chi connectivity index (χ0n) is 14.5. The molecule has 7 nitrogen and oxygen atoms in total. The Balaban J connectivity index is 1.56. The van der Waals surface area contributed by atoms with Crippen molar-refractivity contribution in [3.8, 4) is 0 Å². The van der Waals surface area contributed by atoms with Crippen molar-refractivity contribution < 1.29 is 9.53 Å². The van der Waals surface area contributed by atoms with Crippen molar-refractivity contribution in [3.63, 3.8) is 0 Å². The molecule has 0 unspecified atom stereocenters. The highest BCUT2D eigenvalue weighted by Gasteiger charge is 2.17. The molecule has 1 aromatic rings. The number of hydrogen-bond donors (Lipinski definition) is 1. The molecule has 24 heavy (non-hydrogen) atoms. The van der Waals surface area contributed by atoms with Crippen molar-refractivity contribution in [3.05, 3.63) is 17.6 Å². The summed E-state index contributed by atoms with van der Waals surface area (Å²) in [6, 6.07) is 1.82. The van der Waals surface area contributed by atoms with Crippen LogP contribution in [0.5, 0.6) is 0 Å². The lowest BCUT2D eigenvalue weighted by molar-refractivity contribution is 0.0383. The Morgan fingerprint density at radius 2 is 1.92 bits per heavy atom. The van der Waals surface area contributed by atoms with Crippen LogP contribution in [0.3, 0.4) is 0 Å². The molecule has 3 heterocycles. The second kappa shape index (κ2) is 8.39. The van der Waals surface area contributed by atoms with Gasteiger partial charge in [0.1, 0.15) is 17.3 Å². The van der Waals surface area contributed by atoms with Crippen molar-refractivity contribution in [1.29, 1.82) is 0 Å². The molecule has 0 atom stereocenters. The fourth-order valence-electron chi connectivity index (χ4n) is 3.20. The molecule has 2 fully saturated rings. The van der Waals surface area contributed by atoms with Gasteiger partial charge in [0, 0.05) is 45.3 Å². The van der Waals surface area contributed by atoms with Crippen LogP contribution in [0.25, 0.3) is 0 Å². The van der Waals surface area contributed by atoms with Gasteiger partial charge in [0.2, 0.25) is 0 Å². The Hall–Kier alpha value is -1.73. The van der Waals surface area contributed by atoms with Gasteiger partial charge in [-0.15, -0.1) is 0 Å². The van der Waals surface area contributed by atoms with Crippen LogP contribution in [-0.2, 0) is 4.74 Å². The summed E-state index contributed by atoms with van der Waals surface area (Å²) in [4.78, 5) is 25.8. The maximum absolute atomic E-state index is 12.4. The van der Waals surface area contributed by atoms with E-state index >= 15 is 0 Å². The molecule has 0 spiro atoms. The third kappa shape index (κ3) is 4.64. The summed E-state index contributed by atoms with van der Waals surface area (Å²) in [6.07, 6.45) is 3.64. The average molecular weight is 333 g/mol. The van der Waals surface area contributed by atoms with Crippen LogP contribution in [-0.4, -0.2) is 73.3 Å². The lowest BCUT2D eigenvalue weighted by Crippen LogP contribution is -2.41. The van der Waals surface area contributed by atoms with Gasteiger partial charge in [-0.3, -0.25) is 9.69 Å². The first kappa shape index (κ1) is 17.1. The average Bonchev–Trinajstić information content (AvgIpc) is 2.63.